The van der Waals surface area contributed by atoms with Crippen LogP contribution in [0.4, 0.5) is 0 Å². The lowest BCUT2D eigenvalue weighted by Crippen LogP contribution is -2.51. The molecular formula is C26H31N3O2. The maximum Gasteiger partial charge on any atom is 0.222 e. The summed E-state index contributed by atoms with van der Waals surface area (Å²) in [5.41, 5.74) is 3.35. The number of benzene rings is 2. The smallest absolute Gasteiger partial charge is 0.222 e. The topological polar surface area (TPSA) is 45.7 Å². The van der Waals surface area contributed by atoms with Gasteiger partial charge in [0.1, 0.15) is 5.75 Å². The molecule has 0 spiro atoms. The van der Waals surface area contributed by atoms with Gasteiger partial charge < -0.3 is 9.64 Å². The van der Waals surface area contributed by atoms with Crippen LogP contribution in [0.2, 0.25) is 0 Å². The third-order valence-corrected chi connectivity index (χ3v) is 6.24. The van der Waals surface area contributed by atoms with E-state index in [1.165, 1.54) is 10.9 Å². The lowest BCUT2D eigenvalue weighted by atomic mass is 10.1. The van der Waals surface area contributed by atoms with Gasteiger partial charge >= 0.3 is 0 Å². The molecule has 1 aromatic heterocycles. The first-order chi connectivity index (χ1) is 15.1. The number of aryl methyl sites for hydroxylation is 1. The molecular weight excluding hydrogens is 386 g/mol. The Kier molecular flexibility index (Phi) is 6.82. The summed E-state index contributed by atoms with van der Waals surface area (Å²) < 4.78 is 5.19. The fourth-order valence-electron chi connectivity index (χ4n) is 4.27. The maximum atomic E-state index is 12.7. The molecule has 1 saturated heterocycles. The number of pyridine rings is 1. The monoisotopic (exact) mass is 417 g/mol. The molecule has 0 saturated carbocycles. The van der Waals surface area contributed by atoms with Gasteiger partial charge in [-0.15, -0.1) is 0 Å². The van der Waals surface area contributed by atoms with Gasteiger partial charge in [-0.3, -0.25) is 14.7 Å². The number of fused-ring (bicyclic) bond motifs is 1. The zero-order valence-electron chi connectivity index (χ0n) is 18.5. The van der Waals surface area contributed by atoms with E-state index in [-0.39, 0.29) is 5.91 Å². The van der Waals surface area contributed by atoms with Crippen LogP contribution in [0.1, 0.15) is 24.6 Å². The molecule has 5 heteroatoms. The number of piperazine rings is 1. The molecule has 0 radical (unpaired) electrons. The largest absolute Gasteiger partial charge is 0.497 e. The molecule has 2 aromatic carbocycles. The number of aromatic nitrogens is 1. The summed E-state index contributed by atoms with van der Waals surface area (Å²) in [5.74, 6) is 1.10. The average molecular weight is 418 g/mol. The summed E-state index contributed by atoms with van der Waals surface area (Å²) in [6.45, 7) is 5.71. The van der Waals surface area contributed by atoms with Gasteiger partial charge in [0.2, 0.25) is 5.91 Å². The Balaban J connectivity index is 1.24. The molecule has 4 rings (SSSR count). The maximum absolute atomic E-state index is 12.7. The molecule has 0 N–H and O–H groups in total. The van der Waals surface area contributed by atoms with E-state index >= 15 is 0 Å². The number of hydrogen-bond donors (Lipinski definition) is 0. The van der Waals surface area contributed by atoms with E-state index in [4.69, 9.17) is 9.72 Å². The van der Waals surface area contributed by atoms with E-state index in [0.717, 1.165) is 56.0 Å². The average Bonchev–Trinajstić information content (AvgIpc) is 2.83. The number of nitrogens with zero attached hydrogens (tertiary/aromatic N) is 3. The van der Waals surface area contributed by atoms with E-state index in [1.54, 1.807) is 7.11 Å². The number of para-hydroxylation sites is 1. The molecule has 2 heterocycles. The Labute approximate surface area is 184 Å². The van der Waals surface area contributed by atoms with Crippen molar-refractivity contribution in [1.82, 2.24) is 14.8 Å². The number of hydrogen-bond acceptors (Lipinski definition) is 4. The lowest BCUT2D eigenvalue weighted by molar-refractivity contribution is -0.133. The van der Waals surface area contributed by atoms with Crippen molar-refractivity contribution in [3.8, 4) is 5.75 Å². The third-order valence-electron chi connectivity index (χ3n) is 6.24. The Morgan fingerprint density at radius 2 is 1.74 bits per heavy atom. The molecule has 1 atom stereocenters. The molecule has 0 aliphatic carbocycles. The van der Waals surface area contributed by atoms with Crippen LogP contribution in [-0.4, -0.2) is 60.0 Å². The van der Waals surface area contributed by atoms with E-state index in [0.29, 0.717) is 12.5 Å². The number of methoxy groups -OCH3 is 1. The second-order valence-corrected chi connectivity index (χ2v) is 8.31. The van der Waals surface area contributed by atoms with Gasteiger partial charge in [0.15, 0.2) is 0 Å². The van der Waals surface area contributed by atoms with Crippen LogP contribution >= 0.6 is 0 Å². The van der Waals surface area contributed by atoms with Crippen LogP contribution < -0.4 is 4.74 Å². The van der Waals surface area contributed by atoms with Crippen molar-refractivity contribution in [3.05, 3.63) is 71.9 Å². The normalized spacial score (nSPS) is 15.7. The van der Waals surface area contributed by atoms with E-state index < -0.39 is 0 Å². The van der Waals surface area contributed by atoms with Crippen LogP contribution in [-0.2, 0) is 17.6 Å². The molecule has 1 fully saturated rings. The molecule has 0 bridgehead atoms. The van der Waals surface area contributed by atoms with E-state index in [1.807, 2.05) is 41.3 Å². The van der Waals surface area contributed by atoms with Crippen molar-refractivity contribution in [1.29, 1.82) is 0 Å². The number of amides is 1. The molecule has 31 heavy (non-hydrogen) atoms. The van der Waals surface area contributed by atoms with E-state index in [2.05, 4.69) is 36.1 Å². The number of carbonyl (C=O) groups excluding carboxylic acids is 1. The molecule has 1 amide bonds. The Morgan fingerprint density at radius 1 is 1.00 bits per heavy atom. The number of ether oxygens (including phenoxy) is 1. The predicted molar refractivity (Wildman–Crippen MR) is 124 cm³/mol. The summed E-state index contributed by atoms with van der Waals surface area (Å²) in [6, 6.07) is 20.9. The van der Waals surface area contributed by atoms with Gasteiger partial charge in [-0.05, 0) is 43.2 Å². The quantitative estimate of drug-likeness (QED) is 0.584. The molecule has 162 valence electrons. The summed E-state index contributed by atoms with van der Waals surface area (Å²) >= 11 is 0. The van der Waals surface area contributed by atoms with Crippen LogP contribution in [0.3, 0.4) is 0 Å². The van der Waals surface area contributed by atoms with Crippen molar-refractivity contribution in [2.45, 2.75) is 32.2 Å². The third kappa shape index (κ3) is 5.42. The van der Waals surface area contributed by atoms with Gasteiger partial charge in [0.05, 0.1) is 12.6 Å². The van der Waals surface area contributed by atoms with Crippen molar-refractivity contribution in [3.63, 3.8) is 0 Å². The highest BCUT2D eigenvalue weighted by atomic mass is 16.5. The zero-order chi connectivity index (χ0) is 21.6. The highest BCUT2D eigenvalue weighted by Gasteiger charge is 2.24. The van der Waals surface area contributed by atoms with Crippen molar-refractivity contribution in [2.24, 2.45) is 0 Å². The van der Waals surface area contributed by atoms with Crippen LogP contribution in [0, 0.1) is 0 Å². The van der Waals surface area contributed by atoms with E-state index in [9.17, 15) is 4.79 Å². The fraction of sp³-hybridized carbons (Fsp3) is 0.385. The SMILES string of the molecule is COc1ccc(CCC(=O)N2CCN([C@@H](C)Cc3ccc4ccccc4n3)CC2)cc1. The minimum Gasteiger partial charge on any atom is -0.497 e. The number of rotatable bonds is 7. The first-order valence-electron chi connectivity index (χ1n) is 11.1. The van der Waals surface area contributed by atoms with Gasteiger partial charge in [0.25, 0.3) is 0 Å². The van der Waals surface area contributed by atoms with Crippen molar-refractivity contribution < 1.29 is 9.53 Å². The van der Waals surface area contributed by atoms with Crippen LogP contribution in [0.15, 0.2) is 60.7 Å². The van der Waals surface area contributed by atoms with Gasteiger partial charge in [-0.2, -0.15) is 0 Å². The van der Waals surface area contributed by atoms with Gasteiger partial charge in [-0.1, -0.05) is 36.4 Å². The fourth-order valence-corrected chi connectivity index (χ4v) is 4.27. The predicted octanol–water partition coefficient (Wildman–Crippen LogP) is 3.95. The van der Waals surface area contributed by atoms with Gasteiger partial charge in [0, 0.05) is 56.1 Å². The number of carbonyl (C=O) groups is 1. The molecule has 5 nitrogen and oxygen atoms in total. The summed E-state index contributed by atoms with van der Waals surface area (Å²) in [6.07, 6.45) is 2.26. The standard InChI is InChI=1S/C26H31N3O2/c1-20(19-23-11-10-22-5-3-4-6-25(22)27-23)28-15-17-29(18-16-28)26(30)14-9-21-7-12-24(31-2)13-8-21/h3-8,10-13,20H,9,14-19H2,1-2H3/t20-/m0/s1. The summed E-state index contributed by atoms with van der Waals surface area (Å²) in [7, 11) is 1.66. The molecule has 3 aromatic rings. The molecule has 1 aliphatic heterocycles. The minimum atomic E-state index is 0.249. The van der Waals surface area contributed by atoms with Crippen molar-refractivity contribution >= 4 is 16.8 Å². The Morgan fingerprint density at radius 3 is 2.48 bits per heavy atom. The Hall–Kier alpha value is -2.92. The van der Waals surface area contributed by atoms with Gasteiger partial charge in [-0.25, -0.2) is 0 Å². The van der Waals surface area contributed by atoms with Crippen molar-refractivity contribution in [2.75, 3.05) is 33.3 Å². The second-order valence-electron chi connectivity index (χ2n) is 8.31. The Bertz CT molecular complexity index is 1010. The second kappa shape index (κ2) is 9.92. The molecule has 0 unspecified atom stereocenters. The highest BCUT2D eigenvalue weighted by molar-refractivity contribution is 5.78. The molecule has 1 aliphatic rings. The minimum absolute atomic E-state index is 0.249. The first kappa shape index (κ1) is 21.3. The zero-order valence-corrected chi connectivity index (χ0v) is 18.5. The highest BCUT2D eigenvalue weighted by Crippen LogP contribution is 2.17. The van der Waals surface area contributed by atoms with Crippen LogP contribution in [0.25, 0.3) is 10.9 Å². The lowest BCUT2D eigenvalue weighted by Gasteiger charge is -2.38. The van der Waals surface area contributed by atoms with Crippen LogP contribution in [0.5, 0.6) is 5.75 Å². The summed E-state index contributed by atoms with van der Waals surface area (Å²) in [5, 5.41) is 1.18. The first-order valence-corrected chi connectivity index (χ1v) is 11.1. The summed E-state index contributed by atoms with van der Waals surface area (Å²) in [4.78, 5) is 22.0.